The number of amidine groups is 1. The van der Waals surface area contributed by atoms with Crippen LogP contribution in [0.2, 0.25) is 0 Å². The van der Waals surface area contributed by atoms with Gasteiger partial charge in [-0.05, 0) is 6.08 Å². The van der Waals surface area contributed by atoms with E-state index in [9.17, 15) is 4.79 Å². The van der Waals surface area contributed by atoms with Crippen LogP contribution in [0.15, 0.2) is 21.3 Å². The summed E-state index contributed by atoms with van der Waals surface area (Å²) in [5, 5.41) is 12.6. The van der Waals surface area contributed by atoms with Crippen molar-refractivity contribution in [2.24, 2.45) is 10.7 Å². The van der Waals surface area contributed by atoms with Crippen molar-refractivity contribution >= 4 is 34.9 Å². The molecule has 4 nitrogen and oxygen atoms in total. The van der Waals surface area contributed by atoms with Crippen LogP contribution in [0.25, 0.3) is 6.08 Å². The molecule has 0 bridgehead atoms. The van der Waals surface area contributed by atoms with Crippen molar-refractivity contribution in [3.63, 3.8) is 0 Å². The van der Waals surface area contributed by atoms with E-state index in [4.69, 9.17) is 10.8 Å². The molecule has 3 N–H and O–H groups in total. The minimum absolute atomic E-state index is 0.203. The summed E-state index contributed by atoms with van der Waals surface area (Å²) >= 11 is 1.48. The number of aliphatic carboxylic acids is 1. The van der Waals surface area contributed by atoms with Gasteiger partial charge in [0.2, 0.25) is 0 Å². The zero-order chi connectivity index (χ0) is 10.1. The summed E-state index contributed by atoms with van der Waals surface area (Å²) in [5.74, 6) is -0.599. The Balaban J connectivity index is 2.53. The molecule has 0 unspecified atom stereocenters. The maximum atomic E-state index is 10.8. The number of hydrogen-bond donors (Lipinski definition) is 2. The van der Waals surface area contributed by atoms with Gasteiger partial charge in [-0.25, -0.2) is 9.79 Å². The van der Waals surface area contributed by atoms with E-state index in [1.54, 1.807) is 6.08 Å². The van der Waals surface area contributed by atoms with Gasteiger partial charge in [0, 0.05) is 28.3 Å². The van der Waals surface area contributed by atoms with Crippen LogP contribution >= 0.6 is 11.3 Å². The van der Waals surface area contributed by atoms with Crippen molar-refractivity contribution in [3.8, 4) is 0 Å². The molecule has 1 aromatic rings. The largest absolute Gasteiger partial charge is 0.478 e. The fraction of sp³-hybridized carbons (Fsp3) is 0.111. The Labute approximate surface area is 84.4 Å². The number of nitrogens with zero attached hydrogens (tertiary/aromatic N) is 1. The van der Waals surface area contributed by atoms with Crippen LogP contribution in [0, 0.1) is 0 Å². The summed E-state index contributed by atoms with van der Waals surface area (Å²) in [4.78, 5) is 14.9. The van der Waals surface area contributed by atoms with Gasteiger partial charge in [0.05, 0.1) is 5.69 Å². The molecule has 0 saturated heterocycles. The number of aliphatic imine (C=N–C) groups is 1. The number of hydrogen-bond acceptors (Lipinski definition) is 4. The summed E-state index contributed by atoms with van der Waals surface area (Å²) in [6, 6.07) is 0. The molecule has 14 heavy (non-hydrogen) atoms. The molecule has 0 spiro atoms. The summed E-state index contributed by atoms with van der Waals surface area (Å²) in [7, 11) is 0. The molecule has 1 aliphatic heterocycles. The van der Waals surface area contributed by atoms with E-state index in [1.165, 1.54) is 11.3 Å². The molecular formula is C9H8N2O2S. The minimum atomic E-state index is -0.942. The minimum Gasteiger partial charge on any atom is -0.478 e. The Morgan fingerprint density at radius 3 is 3.07 bits per heavy atom. The van der Waals surface area contributed by atoms with Gasteiger partial charge in [-0.3, -0.25) is 0 Å². The van der Waals surface area contributed by atoms with Crippen molar-refractivity contribution in [2.45, 2.75) is 6.42 Å². The van der Waals surface area contributed by atoms with E-state index >= 15 is 0 Å². The molecule has 2 heterocycles. The number of fused-ring (bicyclic) bond motifs is 1. The first-order valence-corrected chi connectivity index (χ1v) is 4.94. The molecule has 0 saturated carbocycles. The van der Waals surface area contributed by atoms with Gasteiger partial charge < -0.3 is 10.8 Å². The van der Waals surface area contributed by atoms with Gasteiger partial charge in [0.15, 0.2) is 0 Å². The summed E-state index contributed by atoms with van der Waals surface area (Å²) in [6.07, 6.45) is 1.83. The number of thiophene rings is 1. The second-order valence-corrected chi connectivity index (χ2v) is 3.71. The molecule has 1 aliphatic rings. The fourth-order valence-electron chi connectivity index (χ4n) is 1.26. The molecule has 0 amide bonds. The Hall–Kier alpha value is -1.62. The maximum Gasteiger partial charge on any atom is 0.332 e. The van der Waals surface area contributed by atoms with Crippen LogP contribution in [0.5, 0.6) is 0 Å². The van der Waals surface area contributed by atoms with E-state index < -0.39 is 5.97 Å². The molecule has 0 aromatic carbocycles. The number of carboxylic acids is 1. The van der Waals surface area contributed by atoms with Crippen molar-refractivity contribution in [1.29, 1.82) is 0 Å². The number of carbonyl (C=O) groups is 1. The lowest BCUT2D eigenvalue weighted by Gasteiger charge is -1.97. The Bertz CT molecular complexity index is 445. The quantitative estimate of drug-likeness (QED) is 0.736. The zero-order valence-corrected chi connectivity index (χ0v) is 8.04. The zero-order valence-electron chi connectivity index (χ0n) is 7.23. The first-order valence-electron chi connectivity index (χ1n) is 4.00. The van der Waals surface area contributed by atoms with Crippen molar-refractivity contribution in [1.82, 2.24) is 0 Å². The fourth-order valence-corrected chi connectivity index (χ4v) is 1.99. The summed E-state index contributed by atoms with van der Waals surface area (Å²) < 4.78 is 0. The standard InChI is InChI=1S/C9H8N2O2S/c10-8-2-5(9(12)13)1-6-3-14-4-7(6)11-8/h1,3-4H,2H2,(H2,10,11)(H,12,13). The number of rotatable bonds is 1. The second kappa shape index (κ2) is 3.26. The van der Waals surface area contributed by atoms with Crippen LogP contribution in [0.1, 0.15) is 12.0 Å². The Kier molecular flexibility index (Phi) is 2.09. The third-order valence-electron chi connectivity index (χ3n) is 1.91. The lowest BCUT2D eigenvalue weighted by Crippen LogP contribution is -2.14. The van der Waals surface area contributed by atoms with Gasteiger partial charge in [0.25, 0.3) is 0 Å². The monoisotopic (exact) mass is 208 g/mol. The molecule has 0 radical (unpaired) electrons. The molecule has 0 atom stereocenters. The smallest absolute Gasteiger partial charge is 0.332 e. The van der Waals surface area contributed by atoms with Crippen LogP contribution in [0.3, 0.4) is 0 Å². The second-order valence-electron chi connectivity index (χ2n) is 2.97. The van der Waals surface area contributed by atoms with Gasteiger partial charge in [-0.1, -0.05) is 0 Å². The summed E-state index contributed by atoms with van der Waals surface area (Å²) in [6.45, 7) is 0. The molecule has 0 aliphatic carbocycles. The van der Waals surface area contributed by atoms with E-state index in [0.29, 0.717) is 5.84 Å². The van der Waals surface area contributed by atoms with E-state index in [2.05, 4.69) is 4.99 Å². The average Bonchev–Trinajstić information content (AvgIpc) is 2.45. The maximum absolute atomic E-state index is 10.8. The lowest BCUT2D eigenvalue weighted by molar-refractivity contribution is -0.132. The van der Waals surface area contributed by atoms with Crippen molar-refractivity contribution in [3.05, 3.63) is 21.9 Å². The highest BCUT2D eigenvalue weighted by Crippen LogP contribution is 2.29. The number of carboxylic acid groups (broad SMARTS) is 1. The molecule has 5 heteroatoms. The topological polar surface area (TPSA) is 75.7 Å². The predicted molar refractivity (Wildman–Crippen MR) is 55.8 cm³/mol. The van der Waals surface area contributed by atoms with Crippen LogP contribution in [-0.2, 0) is 4.79 Å². The molecule has 0 fully saturated rings. The SMILES string of the molecule is NC1=Nc2cscc2C=C(C(=O)O)C1. The highest BCUT2D eigenvalue weighted by molar-refractivity contribution is 7.08. The molecular weight excluding hydrogens is 200 g/mol. The normalized spacial score (nSPS) is 15.1. The predicted octanol–water partition coefficient (Wildman–Crippen LogP) is 1.61. The Morgan fingerprint density at radius 2 is 2.36 bits per heavy atom. The Morgan fingerprint density at radius 1 is 1.57 bits per heavy atom. The molecule has 1 aromatic heterocycles. The molecule has 2 rings (SSSR count). The highest BCUT2D eigenvalue weighted by Gasteiger charge is 2.14. The lowest BCUT2D eigenvalue weighted by atomic mass is 10.1. The van der Waals surface area contributed by atoms with Crippen molar-refractivity contribution in [2.75, 3.05) is 0 Å². The highest BCUT2D eigenvalue weighted by atomic mass is 32.1. The first-order chi connectivity index (χ1) is 6.66. The van der Waals surface area contributed by atoms with Crippen LogP contribution in [0.4, 0.5) is 5.69 Å². The summed E-state index contributed by atoms with van der Waals surface area (Å²) in [5.41, 5.74) is 7.45. The third-order valence-corrected chi connectivity index (χ3v) is 2.66. The van der Waals surface area contributed by atoms with Gasteiger partial charge in [-0.2, -0.15) is 0 Å². The van der Waals surface area contributed by atoms with Crippen LogP contribution in [-0.4, -0.2) is 16.9 Å². The third kappa shape index (κ3) is 1.54. The average molecular weight is 208 g/mol. The van der Waals surface area contributed by atoms with E-state index in [0.717, 1.165) is 11.3 Å². The van der Waals surface area contributed by atoms with Gasteiger partial charge in [0.1, 0.15) is 5.84 Å². The van der Waals surface area contributed by atoms with Gasteiger partial charge >= 0.3 is 5.97 Å². The van der Waals surface area contributed by atoms with Crippen molar-refractivity contribution < 1.29 is 9.90 Å². The number of nitrogens with two attached hydrogens (primary N) is 1. The van der Waals surface area contributed by atoms with E-state index in [-0.39, 0.29) is 12.0 Å². The van der Waals surface area contributed by atoms with Gasteiger partial charge in [-0.15, -0.1) is 11.3 Å². The van der Waals surface area contributed by atoms with Crippen LogP contribution < -0.4 is 5.73 Å². The first kappa shape index (κ1) is 8.96. The van der Waals surface area contributed by atoms with E-state index in [1.807, 2.05) is 10.8 Å². The molecule has 72 valence electrons.